The van der Waals surface area contributed by atoms with E-state index in [1.165, 1.54) is 0 Å². The molecule has 0 bridgehead atoms. The van der Waals surface area contributed by atoms with Crippen LogP contribution in [0.1, 0.15) is 20.3 Å². The molecule has 0 aromatic carbocycles. The minimum Gasteiger partial charge on any atom is -0.461 e. The fraction of sp³-hybridized carbons (Fsp3) is 0.727. The van der Waals surface area contributed by atoms with Crippen molar-refractivity contribution in [2.45, 2.75) is 32.0 Å². The number of nitrogens with zero attached hydrogens (tertiary/aromatic N) is 3. The van der Waals surface area contributed by atoms with Gasteiger partial charge in [-0.25, -0.2) is 0 Å². The zero-order valence-electron chi connectivity index (χ0n) is 11.1. The topological polar surface area (TPSA) is 115 Å². The fourth-order valence-electron chi connectivity index (χ4n) is 1.69. The number of nitrogen functional groups attached to an aromatic ring is 1. The lowest BCUT2D eigenvalue weighted by molar-refractivity contribution is 0.0380. The maximum Gasteiger partial charge on any atom is 0.323 e. The Hall–Kier alpha value is -1.67. The summed E-state index contributed by atoms with van der Waals surface area (Å²) in [6, 6.07) is 0.166. The van der Waals surface area contributed by atoms with E-state index in [9.17, 15) is 5.11 Å². The molecule has 1 fully saturated rings. The van der Waals surface area contributed by atoms with Crippen LogP contribution in [-0.2, 0) is 4.74 Å². The van der Waals surface area contributed by atoms with E-state index in [0.717, 1.165) is 0 Å². The quantitative estimate of drug-likeness (QED) is 0.673. The van der Waals surface area contributed by atoms with Gasteiger partial charge in [0.2, 0.25) is 11.9 Å². The molecule has 2 heterocycles. The molecule has 19 heavy (non-hydrogen) atoms. The Morgan fingerprint density at radius 2 is 2.26 bits per heavy atom. The maximum atomic E-state index is 10.1. The van der Waals surface area contributed by atoms with Crippen molar-refractivity contribution in [3.8, 4) is 6.01 Å². The van der Waals surface area contributed by atoms with Crippen LogP contribution in [0.2, 0.25) is 0 Å². The summed E-state index contributed by atoms with van der Waals surface area (Å²) >= 11 is 0. The standard InChI is InChI=1S/C11H19N5O3/c1-7(2)19-10-15-8(12)14-9(16-10)13-5-11(17)3-4-18-6-11/h7,17H,3-6H2,1-2H3,(H3,12,13,14,15,16). The SMILES string of the molecule is CC(C)Oc1nc(N)nc(NCC2(O)CCOC2)n1. The number of nitrogens with one attached hydrogen (secondary N) is 1. The highest BCUT2D eigenvalue weighted by Crippen LogP contribution is 2.19. The molecule has 1 aliphatic rings. The molecule has 1 atom stereocenters. The zero-order valence-corrected chi connectivity index (χ0v) is 11.1. The normalized spacial score (nSPS) is 22.7. The van der Waals surface area contributed by atoms with Crippen molar-refractivity contribution < 1.29 is 14.6 Å². The predicted octanol–water partition coefficient (Wildman–Crippen LogP) is -0.196. The van der Waals surface area contributed by atoms with Crippen molar-refractivity contribution in [1.82, 2.24) is 15.0 Å². The van der Waals surface area contributed by atoms with Crippen molar-refractivity contribution in [1.29, 1.82) is 0 Å². The Morgan fingerprint density at radius 1 is 1.47 bits per heavy atom. The summed E-state index contributed by atoms with van der Waals surface area (Å²) in [5.41, 5.74) is 4.69. The first kappa shape index (κ1) is 13.8. The van der Waals surface area contributed by atoms with Crippen molar-refractivity contribution >= 4 is 11.9 Å². The van der Waals surface area contributed by atoms with Crippen LogP contribution >= 0.6 is 0 Å². The number of aliphatic hydroxyl groups is 1. The van der Waals surface area contributed by atoms with E-state index in [2.05, 4.69) is 20.3 Å². The van der Waals surface area contributed by atoms with E-state index in [4.69, 9.17) is 15.2 Å². The van der Waals surface area contributed by atoms with E-state index in [1.807, 2.05) is 13.8 Å². The molecule has 0 radical (unpaired) electrons. The van der Waals surface area contributed by atoms with Gasteiger partial charge in [-0.1, -0.05) is 0 Å². The third-order valence-corrected chi connectivity index (χ3v) is 2.63. The number of hydrogen-bond donors (Lipinski definition) is 3. The molecule has 1 saturated heterocycles. The molecule has 0 spiro atoms. The number of aromatic nitrogens is 3. The van der Waals surface area contributed by atoms with Gasteiger partial charge in [0.05, 0.1) is 12.7 Å². The highest BCUT2D eigenvalue weighted by molar-refractivity contribution is 5.33. The Labute approximate surface area is 111 Å². The summed E-state index contributed by atoms with van der Waals surface area (Å²) in [6.45, 7) is 4.88. The highest BCUT2D eigenvalue weighted by atomic mass is 16.5. The second-order valence-electron chi connectivity index (χ2n) is 4.85. The highest BCUT2D eigenvalue weighted by Gasteiger charge is 2.32. The number of nitrogens with two attached hydrogens (primary N) is 1. The molecule has 0 saturated carbocycles. The Morgan fingerprint density at radius 3 is 2.89 bits per heavy atom. The molecular formula is C11H19N5O3. The molecule has 0 aliphatic carbocycles. The maximum absolute atomic E-state index is 10.1. The number of anilines is 2. The summed E-state index contributed by atoms with van der Waals surface area (Å²) in [6.07, 6.45) is 0.526. The van der Waals surface area contributed by atoms with E-state index >= 15 is 0 Å². The Bertz CT molecular complexity index is 434. The first-order valence-corrected chi connectivity index (χ1v) is 6.19. The monoisotopic (exact) mass is 269 g/mol. The van der Waals surface area contributed by atoms with Crippen molar-refractivity contribution in [2.24, 2.45) is 0 Å². The van der Waals surface area contributed by atoms with Crippen LogP contribution in [0.15, 0.2) is 0 Å². The molecule has 2 rings (SSSR count). The number of hydrogen-bond acceptors (Lipinski definition) is 8. The average Bonchev–Trinajstić information content (AvgIpc) is 2.73. The van der Waals surface area contributed by atoms with Gasteiger partial charge in [-0.2, -0.15) is 15.0 Å². The van der Waals surface area contributed by atoms with Crippen LogP contribution < -0.4 is 15.8 Å². The average molecular weight is 269 g/mol. The second-order valence-corrected chi connectivity index (χ2v) is 4.85. The first-order valence-electron chi connectivity index (χ1n) is 6.19. The van der Waals surface area contributed by atoms with Gasteiger partial charge in [0.15, 0.2) is 0 Å². The van der Waals surface area contributed by atoms with Gasteiger partial charge in [0, 0.05) is 19.6 Å². The third-order valence-electron chi connectivity index (χ3n) is 2.63. The molecule has 4 N–H and O–H groups in total. The molecule has 8 nitrogen and oxygen atoms in total. The van der Waals surface area contributed by atoms with E-state index in [-0.39, 0.29) is 30.6 Å². The molecule has 1 aliphatic heterocycles. The summed E-state index contributed by atoms with van der Waals surface area (Å²) < 4.78 is 10.5. The van der Waals surface area contributed by atoms with Crippen molar-refractivity contribution in [2.75, 3.05) is 30.8 Å². The molecule has 1 unspecified atom stereocenters. The van der Waals surface area contributed by atoms with Gasteiger partial charge in [-0.3, -0.25) is 0 Å². The first-order chi connectivity index (χ1) is 8.97. The fourth-order valence-corrected chi connectivity index (χ4v) is 1.69. The summed E-state index contributed by atoms with van der Waals surface area (Å²) in [5, 5.41) is 13.0. The minimum absolute atomic E-state index is 0.0536. The van der Waals surface area contributed by atoms with Gasteiger partial charge in [0.1, 0.15) is 5.60 Å². The number of rotatable bonds is 5. The lowest BCUT2D eigenvalue weighted by Gasteiger charge is -2.20. The van der Waals surface area contributed by atoms with Crippen molar-refractivity contribution in [3.05, 3.63) is 0 Å². The van der Waals surface area contributed by atoms with Crippen LogP contribution in [0.3, 0.4) is 0 Å². The molecule has 1 aromatic rings. The van der Waals surface area contributed by atoms with Gasteiger partial charge in [-0.05, 0) is 13.8 Å². The summed E-state index contributed by atoms with van der Waals surface area (Å²) in [4.78, 5) is 11.9. The predicted molar refractivity (Wildman–Crippen MR) is 68.9 cm³/mol. The lowest BCUT2D eigenvalue weighted by Crippen LogP contribution is -2.37. The largest absolute Gasteiger partial charge is 0.461 e. The van der Waals surface area contributed by atoms with E-state index < -0.39 is 5.60 Å². The van der Waals surface area contributed by atoms with Crippen LogP contribution in [0.25, 0.3) is 0 Å². The van der Waals surface area contributed by atoms with Gasteiger partial charge in [0.25, 0.3) is 0 Å². The van der Waals surface area contributed by atoms with Crippen LogP contribution in [0, 0.1) is 0 Å². The molecule has 106 valence electrons. The minimum atomic E-state index is -0.888. The van der Waals surface area contributed by atoms with Crippen LogP contribution in [0.5, 0.6) is 6.01 Å². The number of ether oxygens (including phenoxy) is 2. The van der Waals surface area contributed by atoms with Crippen LogP contribution in [0.4, 0.5) is 11.9 Å². The van der Waals surface area contributed by atoms with Crippen molar-refractivity contribution in [3.63, 3.8) is 0 Å². The van der Waals surface area contributed by atoms with Gasteiger partial charge < -0.3 is 25.6 Å². The Balaban J connectivity index is 2.01. The van der Waals surface area contributed by atoms with E-state index in [1.54, 1.807) is 0 Å². The summed E-state index contributed by atoms with van der Waals surface area (Å²) in [5.74, 6) is 0.353. The molecule has 1 aromatic heterocycles. The molecule has 0 amide bonds. The second kappa shape index (κ2) is 5.54. The molecular weight excluding hydrogens is 250 g/mol. The third kappa shape index (κ3) is 3.90. The molecule has 8 heteroatoms. The summed E-state index contributed by atoms with van der Waals surface area (Å²) in [7, 11) is 0. The van der Waals surface area contributed by atoms with Gasteiger partial charge >= 0.3 is 6.01 Å². The zero-order chi connectivity index (χ0) is 13.9. The lowest BCUT2D eigenvalue weighted by atomic mass is 10.0. The van der Waals surface area contributed by atoms with E-state index in [0.29, 0.717) is 19.6 Å². The van der Waals surface area contributed by atoms with Crippen LogP contribution in [-0.4, -0.2) is 51.5 Å². The van der Waals surface area contributed by atoms with Gasteiger partial charge in [-0.15, -0.1) is 0 Å². The smallest absolute Gasteiger partial charge is 0.323 e. The Kier molecular flexibility index (Phi) is 4.01.